The van der Waals surface area contributed by atoms with Gasteiger partial charge in [-0.25, -0.2) is 4.98 Å². The SMILES string of the molecule is CCCCCCCOc1nccc(C)c1Br. The molecule has 0 fully saturated rings. The predicted octanol–water partition coefficient (Wildman–Crippen LogP) is 4.50. The third-order valence-electron chi connectivity index (χ3n) is 2.54. The van der Waals surface area contributed by atoms with E-state index in [9.17, 15) is 0 Å². The summed E-state index contributed by atoms with van der Waals surface area (Å²) in [5.41, 5.74) is 1.16. The summed E-state index contributed by atoms with van der Waals surface area (Å²) in [7, 11) is 0. The van der Waals surface area contributed by atoms with E-state index in [0.29, 0.717) is 0 Å². The highest BCUT2D eigenvalue weighted by Gasteiger charge is 2.04. The van der Waals surface area contributed by atoms with Gasteiger partial charge >= 0.3 is 0 Å². The number of ether oxygens (including phenoxy) is 1. The minimum Gasteiger partial charge on any atom is -0.477 e. The number of nitrogens with zero attached hydrogens (tertiary/aromatic N) is 1. The summed E-state index contributed by atoms with van der Waals surface area (Å²) in [6.45, 7) is 5.03. The van der Waals surface area contributed by atoms with Gasteiger partial charge in [0.2, 0.25) is 5.88 Å². The smallest absolute Gasteiger partial charge is 0.228 e. The Balaban J connectivity index is 2.24. The molecular weight excluding hydrogens is 266 g/mol. The minimum absolute atomic E-state index is 0.718. The molecule has 1 aromatic rings. The van der Waals surface area contributed by atoms with Crippen LogP contribution in [0.1, 0.15) is 44.6 Å². The molecule has 0 unspecified atom stereocenters. The van der Waals surface area contributed by atoms with Crippen molar-refractivity contribution in [3.05, 3.63) is 22.3 Å². The number of aromatic nitrogens is 1. The van der Waals surface area contributed by atoms with Crippen molar-refractivity contribution in [1.82, 2.24) is 4.98 Å². The van der Waals surface area contributed by atoms with E-state index in [1.54, 1.807) is 6.20 Å². The van der Waals surface area contributed by atoms with Crippen LogP contribution in [0.4, 0.5) is 0 Å². The van der Waals surface area contributed by atoms with Crippen LogP contribution in [0.3, 0.4) is 0 Å². The number of hydrogen-bond donors (Lipinski definition) is 0. The third kappa shape index (κ3) is 4.52. The molecule has 0 aliphatic rings. The van der Waals surface area contributed by atoms with Gasteiger partial charge in [-0.2, -0.15) is 0 Å². The highest BCUT2D eigenvalue weighted by Crippen LogP contribution is 2.25. The molecule has 0 aromatic carbocycles. The number of pyridine rings is 1. The van der Waals surface area contributed by atoms with Crippen molar-refractivity contribution in [3.63, 3.8) is 0 Å². The first-order chi connectivity index (χ1) is 7.75. The van der Waals surface area contributed by atoms with E-state index in [1.807, 2.05) is 13.0 Å². The van der Waals surface area contributed by atoms with Gasteiger partial charge < -0.3 is 4.74 Å². The summed E-state index contributed by atoms with van der Waals surface area (Å²) in [5.74, 6) is 0.718. The molecule has 0 amide bonds. The second kappa shape index (κ2) is 7.66. The summed E-state index contributed by atoms with van der Waals surface area (Å²) in [5, 5.41) is 0. The molecular formula is C13H20BrNO. The molecule has 1 aromatic heterocycles. The molecule has 0 atom stereocenters. The van der Waals surface area contributed by atoms with Gasteiger partial charge in [-0.05, 0) is 40.9 Å². The molecule has 0 bridgehead atoms. The van der Waals surface area contributed by atoms with Gasteiger partial charge in [-0.3, -0.25) is 0 Å². The van der Waals surface area contributed by atoms with Gasteiger partial charge in [-0.1, -0.05) is 32.6 Å². The van der Waals surface area contributed by atoms with Gasteiger partial charge in [0.15, 0.2) is 0 Å². The molecule has 0 N–H and O–H groups in total. The largest absolute Gasteiger partial charge is 0.477 e. The lowest BCUT2D eigenvalue weighted by atomic mass is 10.2. The number of hydrogen-bond acceptors (Lipinski definition) is 2. The molecule has 1 heterocycles. The number of rotatable bonds is 7. The first kappa shape index (κ1) is 13.5. The fraction of sp³-hybridized carbons (Fsp3) is 0.615. The van der Waals surface area contributed by atoms with E-state index in [-0.39, 0.29) is 0 Å². The lowest BCUT2D eigenvalue weighted by Gasteiger charge is -2.08. The molecule has 0 aliphatic carbocycles. The summed E-state index contributed by atoms with van der Waals surface area (Å²) >= 11 is 3.49. The summed E-state index contributed by atoms with van der Waals surface area (Å²) in [6, 6.07) is 1.97. The first-order valence-corrected chi connectivity index (χ1v) is 6.79. The molecule has 3 heteroatoms. The maximum atomic E-state index is 5.64. The molecule has 0 aliphatic heterocycles. The zero-order valence-corrected chi connectivity index (χ0v) is 11.7. The number of halogens is 1. The number of aryl methyl sites for hydroxylation is 1. The summed E-state index contributed by atoms with van der Waals surface area (Å²) in [4.78, 5) is 4.20. The lowest BCUT2D eigenvalue weighted by molar-refractivity contribution is 0.291. The van der Waals surface area contributed by atoms with Gasteiger partial charge in [0.05, 0.1) is 11.1 Å². The van der Waals surface area contributed by atoms with Crippen LogP contribution in [0.25, 0.3) is 0 Å². The quantitative estimate of drug-likeness (QED) is 0.688. The van der Waals surface area contributed by atoms with Crippen molar-refractivity contribution in [2.45, 2.75) is 46.0 Å². The molecule has 1 rings (SSSR count). The Labute approximate surface area is 107 Å². The Morgan fingerprint density at radius 1 is 1.25 bits per heavy atom. The first-order valence-electron chi connectivity index (χ1n) is 5.99. The molecule has 90 valence electrons. The normalized spacial score (nSPS) is 10.4. The van der Waals surface area contributed by atoms with Gasteiger partial charge in [0.25, 0.3) is 0 Å². The van der Waals surface area contributed by atoms with Crippen LogP contribution < -0.4 is 4.74 Å². The maximum Gasteiger partial charge on any atom is 0.228 e. The average Bonchev–Trinajstić information content (AvgIpc) is 2.29. The van der Waals surface area contributed by atoms with Crippen molar-refractivity contribution in [1.29, 1.82) is 0 Å². The second-order valence-electron chi connectivity index (χ2n) is 4.01. The number of unbranched alkanes of at least 4 members (excludes halogenated alkanes) is 4. The molecule has 0 radical (unpaired) electrons. The predicted molar refractivity (Wildman–Crippen MR) is 70.9 cm³/mol. The zero-order valence-electron chi connectivity index (χ0n) is 10.1. The molecule has 16 heavy (non-hydrogen) atoms. The molecule has 0 saturated heterocycles. The van der Waals surface area contributed by atoms with E-state index in [2.05, 4.69) is 27.8 Å². The van der Waals surface area contributed by atoms with Crippen molar-refractivity contribution < 1.29 is 4.74 Å². The fourth-order valence-corrected chi connectivity index (χ4v) is 1.84. The second-order valence-corrected chi connectivity index (χ2v) is 4.80. The van der Waals surface area contributed by atoms with Crippen molar-refractivity contribution in [2.24, 2.45) is 0 Å². The Hall–Kier alpha value is -0.570. The summed E-state index contributed by atoms with van der Waals surface area (Å²) in [6.07, 6.45) is 8.06. The van der Waals surface area contributed by atoms with Crippen LogP contribution in [0.2, 0.25) is 0 Å². The van der Waals surface area contributed by atoms with Crippen molar-refractivity contribution in [2.75, 3.05) is 6.61 Å². The van der Waals surface area contributed by atoms with Crippen LogP contribution >= 0.6 is 15.9 Å². The van der Waals surface area contributed by atoms with Crippen LogP contribution in [0.15, 0.2) is 16.7 Å². The highest BCUT2D eigenvalue weighted by atomic mass is 79.9. The van der Waals surface area contributed by atoms with Gasteiger partial charge in [0, 0.05) is 6.20 Å². The Morgan fingerprint density at radius 2 is 2.00 bits per heavy atom. The van der Waals surface area contributed by atoms with E-state index in [0.717, 1.165) is 28.9 Å². The highest BCUT2D eigenvalue weighted by molar-refractivity contribution is 9.10. The van der Waals surface area contributed by atoms with Gasteiger partial charge in [-0.15, -0.1) is 0 Å². The Bertz CT molecular complexity index is 315. The Morgan fingerprint density at radius 3 is 2.75 bits per heavy atom. The fourth-order valence-electron chi connectivity index (χ4n) is 1.49. The van der Waals surface area contributed by atoms with Crippen LogP contribution in [-0.4, -0.2) is 11.6 Å². The third-order valence-corrected chi connectivity index (χ3v) is 3.50. The molecule has 0 spiro atoms. The lowest BCUT2D eigenvalue weighted by Crippen LogP contribution is -2.00. The average molecular weight is 286 g/mol. The standard InChI is InChI=1S/C13H20BrNO/c1-3-4-5-6-7-10-16-13-12(14)11(2)8-9-15-13/h8-9H,3-7,10H2,1-2H3. The van der Waals surface area contributed by atoms with Gasteiger partial charge in [0.1, 0.15) is 0 Å². The molecule has 0 saturated carbocycles. The van der Waals surface area contributed by atoms with Crippen LogP contribution in [-0.2, 0) is 0 Å². The minimum atomic E-state index is 0.718. The molecule has 2 nitrogen and oxygen atoms in total. The van der Waals surface area contributed by atoms with E-state index in [1.165, 1.54) is 25.7 Å². The topological polar surface area (TPSA) is 22.1 Å². The van der Waals surface area contributed by atoms with E-state index < -0.39 is 0 Å². The Kier molecular flexibility index (Phi) is 6.46. The monoisotopic (exact) mass is 285 g/mol. The zero-order chi connectivity index (χ0) is 11.8. The van der Waals surface area contributed by atoms with Crippen LogP contribution in [0.5, 0.6) is 5.88 Å². The van der Waals surface area contributed by atoms with E-state index in [4.69, 9.17) is 4.74 Å². The van der Waals surface area contributed by atoms with Crippen LogP contribution in [0, 0.1) is 6.92 Å². The van der Waals surface area contributed by atoms with Crippen molar-refractivity contribution in [3.8, 4) is 5.88 Å². The summed E-state index contributed by atoms with van der Waals surface area (Å²) < 4.78 is 6.62. The maximum absolute atomic E-state index is 5.64. The van der Waals surface area contributed by atoms with E-state index >= 15 is 0 Å². The van der Waals surface area contributed by atoms with Crippen molar-refractivity contribution >= 4 is 15.9 Å².